The van der Waals surface area contributed by atoms with Gasteiger partial charge in [0.2, 0.25) is 0 Å². The van der Waals surface area contributed by atoms with Gasteiger partial charge >= 0.3 is 0 Å². The van der Waals surface area contributed by atoms with E-state index in [0.717, 1.165) is 22.7 Å². The third-order valence-corrected chi connectivity index (χ3v) is 9.35. The summed E-state index contributed by atoms with van der Waals surface area (Å²) in [7, 11) is 0. The van der Waals surface area contributed by atoms with Crippen molar-refractivity contribution in [3.8, 4) is 27.9 Å². The van der Waals surface area contributed by atoms with Crippen LogP contribution in [-0.2, 0) is 0 Å². The van der Waals surface area contributed by atoms with E-state index in [0.29, 0.717) is 0 Å². The first-order chi connectivity index (χ1) is 23.8. The van der Waals surface area contributed by atoms with E-state index < -0.39 is 0 Å². The van der Waals surface area contributed by atoms with Crippen LogP contribution in [0.4, 0.5) is 17.1 Å². The first-order valence-corrected chi connectivity index (χ1v) is 16.4. The molecule has 0 atom stereocenters. The number of rotatable bonds is 6. The molecule has 0 aliphatic rings. The van der Waals surface area contributed by atoms with Crippen LogP contribution >= 0.6 is 0 Å². The molecule has 0 spiro atoms. The summed E-state index contributed by atoms with van der Waals surface area (Å²) in [5.41, 5.74) is 11.7. The monoisotopic (exact) mass is 612 g/mol. The van der Waals surface area contributed by atoms with Gasteiger partial charge in [-0.1, -0.05) is 140 Å². The van der Waals surface area contributed by atoms with Crippen LogP contribution in [0.5, 0.6) is 0 Å². The Balaban J connectivity index is 1.27. The molecule has 9 aromatic rings. The first kappa shape index (κ1) is 27.9. The zero-order valence-corrected chi connectivity index (χ0v) is 26.4. The van der Waals surface area contributed by atoms with Gasteiger partial charge in [-0.2, -0.15) is 0 Å². The smallest absolute Gasteiger partial charge is 0.0547 e. The van der Waals surface area contributed by atoms with Gasteiger partial charge in [0.15, 0.2) is 0 Å². The van der Waals surface area contributed by atoms with Crippen LogP contribution in [0.1, 0.15) is 0 Å². The van der Waals surface area contributed by atoms with Crippen molar-refractivity contribution >= 4 is 49.6 Å². The predicted molar refractivity (Wildman–Crippen MR) is 204 cm³/mol. The van der Waals surface area contributed by atoms with Gasteiger partial charge in [-0.3, -0.25) is 0 Å². The highest BCUT2D eigenvalue weighted by Gasteiger charge is 2.19. The molecule has 226 valence electrons. The van der Waals surface area contributed by atoms with Crippen molar-refractivity contribution in [2.75, 3.05) is 4.90 Å². The Bertz CT molecular complexity index is 2560. The Labute approximate surface area is 280 Å². The van der Waals surface area contributed by atoms with E-state index in [9.17, 15) is 0 Å². The van der Waals surface area contributed by atoms with Crippen molar-refractivity contribution in [3.63, 3.8) is 0 Å². The van der Waals surface area contributed by atoms with Gasteiger partial charge in [-0.25, -0.2) is 0 Å². The van der Waals surface area contributed by atoms with Crippen molar-refractivity contribution in [1.29, 1.82) is 0 Å². The van der Waals surface area contributed by atoms with Crippen LogP contribution in [-0.4, -0.2) is 4.57 Å². The molecule has 0 bridgehead atoms. The minimum atomic E-state index is 1.11. The average Bonchev–Trinajstić information content (AvgIpc) is 3.51. The molecule has 0 amide bonds. The normalized spacial score (nSPS) is 11.3. The van der Waals surface area contributed by atoms with Crippen molar-refractivity contribution in [3.05, 3.63) is 194 Å². The number of hydrogen-bond donors (Lipinski definition) is 0. The fraction of sp³-hybridized carbons (Fsp3) is 0. The molecule has 0 fully saturated rings. The number of anilines is 3. The molecule has 8 aromatic carbocycles. The van der Waals surface area contributed by atoms with E-state index in [-0.39, 0.29) is 0 Å². The van der Waals surface area contributed by atoms with Gasteiger partial charge in [0.05, 0.1) is 16.7 Å². The maximum Gasteiger partial charge on any atom is 0.0547 e. The standard InChI is InChI=1S/C46H32N2/c1-3-15-33(16-4-1)35-19-11-23-38(31-35)47(43-29-13-18-34-17-7-8-25-40(34)43)39-24-12-20-36(32-39)41-27-14-30-45-46(41)42-26-9-10-28-44(42)48(45)37-21-5-2-6-22-37/h1-32H. The van der Waals surface area contributed by atoms with Crippen molar-refractivity contribution in [1.82, 2.24) is 4.57 Å². The Morgan fingerprint density at radius 2 is 0.938 bits per heavy atom. The van der Waals surface area contributed by atoms with E-state index in [2.05, 4.69) is 204 Å². The maximum atomic E-state index is 2.41. The Kier molecular flexibility index (Phi) is 6.84. The van der Waals surface area contributed by atoms with E-state index >= 15 is 0 Å². The molecule has 0 aliphatic heterocycles. The number of benzene rings is 8. The van der Waals surface area contributed by atoms with Gasteiger partial charge < -0.3 is 9.47 Å². The summed E-state index contributed by atoms with van der Waals surface area (Å²) in [5, 5.41) is 4.94. The molecule has 0 N–H and O–H groups in total. The minimum absolute atomic E-state index is 1.11. The number of fused-ring (bicyclic) bond motifs is 4. The summed E-state index contributed by atoms with van der Waals surface area (Å²) in [6, 6.07) is 69.9. The second-order valence-electron chi connectivity index (χ2n) is 12.2. The number of para-hydroxylation sites is 2. The Hall–Kier alpha value is -6.38. The van der Waals surface area contributed by atoms with Crippen molar-refractivity contribution in [2.24, 2.45) is 0 Å². The zero-order chi connectivity index (χ0) is 31.9. The number of aromatic nitrogens is 1. The van der Waals surface area contributed by atoms with Crippen molar-refractivity contribution in [2.45, 2.75) is 0 Å². The van der Waals surface area contributed by atoms with Gasteiger partial charge in [-0.15, -0.1) is 0 Å². The Morgan fingerprint density at radius 3 is 1.75 bits per heavy atom. The molecule has 0 radical (unpaired) electrons. The van der Waals surface area contributed by atoms with Gasteiger partial charge in [0.25, 0.3) is 0 Å². The summed E-state index contributed by atoms with van der Waals surface area (Å²) < 4.78 is 2.38. The highest BCUT2D eigenvalue weighted by atomic mass is 15.1. The maximum absolute atomic E-state index is 2.41. The molecule has 1 heterocycles. The lowest BCUT2D eigenvalue weighted by Crippen LogP contribution is -2.10. The first-order valence-electron chi connectivity index (χ1n) is 16.4. The molecule has 0 aliphatic carbocycles. The molecule has 0 saturated heterocycles. The topological polar surface area (TPSA) is 8.17 Å². The van der Waals surface area contributed by atoms with E-state index in [1.807, 2.05) is 0 Å². The lowest BCUT2D eigenvalue weighted by atomic mass is 9.98. The number of nitrogens with zero attached hydrogens (tertiary/aromatic N) is 2. The van der Waals surface area contributed by atoms with Crippen LogP contribution in [0.3, 0.4) is 0 Å². The Morgan fingerprint density at radius 1 is 0.375 bits per heavy atom. The number of hydrogen-bond acceptors (Lipinski definition) is 1. The molecule has 2 heteroatoms. The quantitative estimate of drug-likeness (QED) is 0.181. The van der Waals surface area contributed by atoms with E-state index in [1.54, 1.807) is 0 Å². The highest BCUT2D eigenvalue weighted by molar-refractivity contribution is 6.16. The second-order valence-corrected chi connectivity index (χ2v) is 12.2. The van der Waals surface area contributed by atoms with E-state index in [1.165, 1.54) is 54.8 Å². The third kappa shape index (κ3) is 4.74. The molecule has 2 nitrogen and oxygen atoms in total. The lowest BCUT2D eigenvalue weighted by molar-refractivity contribution is 1.18. The predicted octanol–water partition coefficient (Wildman–Crippen LogP) is 12.7. The molecule has 1 aromatic heterocycles. The van der Waals surface area contributed by atoms with Crippen LogP contribution < -0.4 is 4.90 Å². The molecule has 0 saturated carbocycles. The molecule has 9 rings (SSSR count). The van der Waals surface area contributed by atoms with Crippen LogP contribution in [0.2, 0.25) is 0 Å². The van der Waals surface area contributed by atoms with Crippen LogP contribution in [0.15, 0.2) is 194 Å². The summed E-state index contributed by atoms with van der Waals surface area (Å²) >= 11 is 0. The fourth-order valence-electron chi connectivity index (χ4n) is 7.21. The largest absolute Gasteiger partial charge is 0.310 e. The summed E-state index contributed by atoms with van der Waals surface area (Å²) in [4.78, 5) is 2.41. The fourth-order valence-corrected chi connectivity index (χ4v) is 7.21. The zero-order valence-electron chi connectivity index (χ0n) is 26.4. The average molecular weight is 613 g/mol. The molecular weight excluding hydrogens is 581 g/mol. The van der Waals surface area contributed by atoms with Crippen LogP contribution in [0.25, 0.3) is 60.5 Å². The summed E-state index contributed by atoms with van der Waals surface area (Å²) in [6.45, 7) is 0. The van der Waals surface area contributed by atoms with Crippen LogP contribution in [0, 0.1) is 0 Å². The molecule has 0 unspecified atom stereocenters. The summed E-state index contributed by atoms with van der Waals surface area (Å²) in [6.07, 6.45) is 0. The van der Waals surface area contributed by atoms with Gasteiger partial charge in [0, 0.05) is 33.2 Å². The third-order valence-electron chi connectivity index (χ3n) is 9.35. The van der Waals surface area contributed by atoms with E-state index in [4.69, 9.17) is 0 Å². The summed E-state index contributed by atoms with van der Waals surface area (Å²) in [5.74, 6) is 0. The van der Waals surface area contributed by atoms with Crippen molar-refractivity contribution < 1.29 is 0 Å². The minimum Gasteiger partial charge on any atom is -0.310 e. The van der Waals surface area contributed by atoms with Gasteiger partial charge in [-0.05, 0) is 82.2 Å². The molecule has 48 heavy (non-hydrogen) atoms. The lowest BCUT2D eigenvalue weighted by Gasteiger charge is -2.28. The van der Waals surface area contributed by atoms with Gasteiger partial charge in [0.1, 0.15) is 0 Å². The molecular formula is C46H32N2. The second kappa shape index (κ2) is 11.8. The highest BCUT2D eigenvalue weighted by Crippen LogP contribution is 2.43. The SMILES string of the molecule is c1ccc(-c2cccc(N(c3cccc(-c4cccc5c4c4ccccc4n5-c4ccccc4)c3)c3cccc4ccccc34)c2)cc1.